The van der Waals surface area contributed by atoms with E-state index >= 15 is 0 Å². The van der Waals surface area contributed by atoms with Gasteiger partial charge in [-0.05, 0) is 70.3 Å². The zero-order chi connectivity index (χ0) is 27.9. The molecule has 1 saturated carbocycles. The van der Waals surface area contributed by atoms with E-state index in [1.54, 1.807) is 11.0 Å². The third kappa shape index (κ3) is 5.44. The number of ether oxygens (including phenoxy) is 1. The van der Waals surface area contributed by atoms with E-state index in [9.17, 15) is 14.4 Å². The maximum absolute atomic E-state index is 14.7. The van der Waals surface area contributed by atoms with E-state index in [4.69, 9.17) is 4.74 Å². The Hall–Kier alpha value is -2.00. The summed E-state index contributed by atoms with van der Waals surface area (Å²) in [6.45, 7) is 7.39. The van der Waals surface area contributed by atoms with Gasteiger partial charge >= 0.3 is 0 Å². The van der Waals surface area contributed by atoms with E-state index in [0.717, 1.165) is 55.7 Å². The Labute approximate surface area is 241 Å². The fraction of sp³-hybridized carbons (Fsp3) is 0.667. The van der Waals surface area contributed by atoms with Crippen LogP contribution in [0, 0.1) is 23.1 Å². The Bertz CT molecular complexity index is 1160. The maximum atomic E-state index is 14.7. The summed E-state index contributed by atoms with van der Waals surface area (Å²) in [6, 6.07) is 8.24. The van der Waals surface area contributed by atoms with Gasteiger partial charge in [0.2, 0.25) is 5.91 Å². The number of likely N-dealkylation sites (N-methyl/N-ethyl adjacent to an activating group) is 1. The average molecular weight is 569 g/mol. The monoisotopic (exact) mass is 568 g/mol. The molecule has 8 nitrogen and oxygen atoms in total. The van der Waals surface area contributed by atoms with Crippen LogP contribution in [0.1, 0.15) is 44.1 Å². The fourth-order valence-corrected chi connectivity index (χ4v) is 9.31. The zero-order valence-electron chi connectivity index (χ0n) is 23.4. The molecule has 0 bridgehead atoms. The second-order valence-corrected chi connectivity index (χ2v) is 13.7. The van der Waals surface area contributed by atoms with Crippen LogP contribution in [0.4, 0.5) is 4.39 Å². The minimum Gasteiger partial charge on any atom is -0.348 e. The van der Waals surface area contributed by atoms with E-state index < -0.39 is 0 Å². The van der Waals surface area contributed by atoms with Gasteiger partial charge in [-0.15, -0.1) is 11.8 Å². The molecule has 1 amide bonds. The molecule has 0 radical (unpaired) electrons. The van der Waals surface area contributed by atoms with Crippen molar-refractivity contribution in [3.8, 4) is 6.07 Å². The van der Waals surface area contributed by atoms with Crippen LogP contribution in [0.25, 0.3) is 0 Å². The molecule has 216 valence electrons. The first-order valence-corrected chi connectivity index (χ1v) is 15.6. The molecule has 4 fully saturated rings. The Balaban J connectivity index is 1.21. The molecule has 1 aromatic carbocycles. The van der Waals surface area contributed by atoms with Crippen LogP contribution >= 0.6 is 11.8 Å². The summed E-state index contributed by atoms with van der Waals surface area (Å²) in [6.07, 6.45) is 7.56. The SMILES string of the molecule is C=CC(=O)N1CCN(C2NC(OCC3CCCN3C)NC3C[C@@]4(CCC32)Cc2c(F)cccc2S4)CC1CC#N. The minimum absolute atomic E-state index is 0.00474. The quantitative estimate of drug-likeness (QED) is 0.507. The van der Waals surface area contributed by atoms with Crippen molar-refractivity contribution in [3.63, 3.8) is 0 Å². The number of amides is 1. The molecule has 1 aliphatic carbocycles. The summed E-state index contributed by atoms with van der Waals surface area (Å²) in [5, 5.41) is 17.1. The number of thioether (sulfide) groups is 1. The molecule has 1 spiro atoms. The Morgan fingerprint density at radius 2 is 2.17 bits per heavy atom. The van der Waals surface area contributed by atoms with Crippen LogP contribution in [0.5, 0.6) is 0 Å². The molecular formula is C30H41FN6O2S. The van der Waals surface area contributed by atoms with Gasteiger partial charge in [-0.25, -0.2) is 4.39 Å². The number of likely N-dealkylation sites (tertiary alicyclic amines) is 1. The van der Waals surface area contributed by atoms with E-state index in [0.29, 0.717) is 38.1 Å². The third-order valence-corrected chi connectivity index (χ3v) is 11.4. The molecule has 2 N–H and O–H groups in total. The Kier molecular flexibility index (Phi) is 8.23. The largest absolute Gasteiger partial charge is 0.348 e. The number of rotatable bonds is 6. The van der Waals surface area contributed by atoms with Crippen molar-refractivity contribution in [1.29, 1.82) is 5.26 Å². The number of hydrogen-bond acceptors (Lipinski definition) is 8. The van der Waals surface area contributed by atoms with Gasteiger partial charge in [0.15, 0.2) is 6.35 Å². The Morgan fingerprint density at radius 1 is 1.30 bits per heavy atom. The van der Waals surface area contributed by atoms with Gasteiger partial charge in [0.1, 0.15) is 5.82 Å². The highest BCUT2D eigenvalue weighted by atomic mass is 32.2. The predicted molar refractivity (Wildman–Crippen MR) is 153 cm³/mol. The number of carbonyl (C=O) groups is 1. The van der Waals surface area contributed by atoms with Crippen molar-refractivity contribution < 1.29 is 13.9 Å². The molecule has 6 unspecified atom stereocenters. The highest BCUT2D eigenvalue weighted by Gasteiger charge is 2.51. The third-order valence-electron chi connectivity index (χ3n) is 9.86. The molecular weight excluding hydrogens is 527 g/mol. The number of carbonyl (C=O) groups excluding carboxylic acids is 1. The Morgan fingerprint density at radius 3 is 2.92 bits per heavy atom. The van der Waals surface area contributed by atoms with Crippen LogP contribution < -0.4 is 10.6 Å². The van der Waals surface area contributed by atoms with Crippen LogP contribution in [0.3, 0.4) is 0 Å². The number of hydrogen-bond donors (Lipinski definition) is 2. The van der Waals surface area contributed by atoms with Gasteiger partial charge in [-0.3, -0.25) is 20.3 Å². The molecule has 6 rings (SSSR count). The van der Waals surface area contributed by atoms with Crippen LogP contribution in [0.15, 0.2) is 35.7 Å². The molecule has 4 heterocycles. The van der Waals surface area contributed by atoms with Crippen LogP contribution in [-0.4, -0.2) is 95.8 Å². The molecule has 10 heteroatoms. The summed E-state index contributed by atoms with van der Waals surface area (Å²) < 4.78 is 21.2. The van der Waals surface area contributed by atoms with Gasteiger partial charge < -0.3 is 14.5 Å². The summed E-state index contributed by atoms with van der Waals surface area (Å²) in [5.74, 6) is 0.151. The highest BCUT2D eigenvalue weighted by molar-refractivity contribution is 8.01. The van der Waals surface area contributed by atoms with Gasteiger partial charge in [0, 0.05) is 52.8 Å². The molecule has 0 aromatic heterocycles. The lowest BCUT2D eigenvalue weighted by molar-refractivity contribution is -0.135. The minimum atomic E-state index is -0.289. The van der Waals surface area contributed by atoms with Crippen molar-refractivity contribution >= 4 is 17.7 Å². The highest BCUT2D eigenvalue weighted by Crippen LogP contribution is 2.54. The number of benzene rings is 1. The first-order chi connectivity index (χ1) is 19.4. The predicted octanol–water partition coefficient (Wildman–Crippen LogP) is 2.91. The second kappa shape index (κ2) is 11.7. The second-order valence-electron chi connectivity index (χ2n) is 12.2. The smallest absolute Gasteiger partial charge is 0.246 e. The van der Waals surface area contributed by atoms with Crippen LogP contribution in [-0.2, 0) is 16.0 Å². The van der Waals surface area contributed by atoms with Crippen LogP contribution in [0.2, 0.25) is 0 Å². The van der Waals surface area contributed by atoms with Gasteiger partial charge in [-0.1, -0.05) is 12.6 Å². The van der Waals surface area contributed by atoms with Crippen molar-refractivity contribution in [2.24, 2.45) is 5.92 Å². The van der Waals surface area contributed by atoms with Crippen molar-refractivity contribution in [1.82, 2.24) is 25.3 Å². The first kappa shape index (κ1) is 28.1. The molecule has 3 saturated heterocycles. The van der Waals surface area contributed by atoms with E-state index in [2.05, 4.69) is 46.2 Å². The summed E-state index contributed by atoms with van der Waals surface area (Å²) in [5.41, 5.74) is 0.871. The topological polar surface area (TPSA) is 83.9 Å². The summed E-state index contributed by atoms with van der Waals surface area (Å²) in [4.78, 5) is 20.2. The number of nitrogens with zero attached hydrogens (tertiary/aromatic N) is 4. The van der Waals surface area contributed by atoms with E-state index in [-0.39, 0.29) is 41.1 Å². The lowest BCUT2D eigenvalue weighted by Gasteiger charge is -2.55. The van der Waals surface area contributed by atoms with Crippen molar-refractivity contribution in [3.05, 3.63) is 42.2 Å². The molecule has 1 aromatic rings. The standard InChI is InChI=1S/C30H41FN6O2S/c1-3-27(38)37-15-14-36(18-20(37)10-12-32)28-22-9-11-30(16-23-24(31)7-4-8-26(23)40-30)17-25(22)33-29(34-28)39-19-21-6-5-13-35(21)2/h3-4,7-8,20-22,25,28-29,33-34H,1,5-6,9-11,13-19H2,2H3/t20?,21?,22?,25?,28?,29?,30-/m1/s1. The summed E-state index contributed by atoms with van der Waals surface area (Å²) in [7, 11) is 2.17. The van der Waals surface area contributed by atoms with E-state index in [1.807, 2.05) is 17.8 Å². The molecule has 40 heavy (non-hydrogen) atoms. The summed E-state index contributed by atoms with van der Waals surface area (Å²) >= 11 is 1.86. The average Bonchev–Trinajstić information content (AvgIpc) is 3.54. The zero-order valence-corrected chi connectivity index (χ0v) is 24.2. The fourth-order valence-electron chi connectivity index (χ4n) is 7.71. The van der Waals surface area contributed by atoms with Crippen molar-refractivity contribution in [2.75, 3.05) is 39.8 Å². The lowest BCUT2D eigenvalue weighted by atomic mass is 9.73. The molecule has 5 aliphatic rings. The number of fused-ring (bicyclic) bond motifs is 2. The van der Waals surface area contributed by atoms with Crippen molar-refractivity contribution in [2.45, 2.75) is 85.2 Å². The molecule has 7 atom stereocenters. The number of piperazine rings is 1. The van der Waals surface area contributed by atoms with Gasteiger partial charge in [0.25, 0.3) is 0 Å². The lowest BCUT2D eigenvalue weighted by Crippen LogP contribution is -2.72. The molecule has 4 aliphatic heterocycles. The number of halogens is 1. The number of nitriles is 1. The number of nitrogens with one attached hydrogen (secondary N) is 2. The first-order valence-electron chi connectivity index (χ1n) is 14.7. The maximum Gasteiger partial charge on any atom is 0.246 e. The van der Waals surface area contributed by atoms with Gasteiger partial charge in [-0.2, -0.15) is 5.26 Å². The van der Waals surface area contributed by atoms with Gasteiger partial charge in [0.05, 0.1) is 31.3 Å². The normalized spacial score (nSPS) is 36.3. The van der Waals surface area contributed by atoms with E-state index in [1.165, 1.54) is 12.5 Å².